The quantitative estimate of drug-likeness (QED) is 0.768. The van der Waals surface area contributed by atoms with Crippen LogP contribution in [0.25, 0.3) is 0 Å². The third-order valence-corrected chi connectivity index (χ3v) is 2.53. The molecule has 1 heterocycles. The molecule has 1 aliphatic carbocycles. The van der Waals surface area contributed by atoms with Crippen molar-refractivity contribution in [3.05, 3.63) is 27.9 Å². The number of aromatic amines is 1. The van der Waals surface area contributed by atoms with Gasteiger partial charge in [-0.05, 0) is 25.7 Å². The van der Waals surface area contributed by atoms with Crippen LogP contribution in [0.5, 0.6) is 0 Å². The Bertz CT molecular complexity index is 449. The minimum Gasteiger partial charge on any atom is -0.462 e. The van der Waals surface area contributed by atoms with Crippen LogP contribution in [0.3, 0.4) is 0 Å². The second kappa shape index (κ2) is 4.47. The van der Waals surface area contributed by atoms with E-state index in [9.17, 15) is 9.59 Å². The molecule has 0 atom stereocenters. The number of carbonyl (C=O) groups is 1. The average molecular weight is 222 g/mol. The first-order valence-electron chi connectivity index (χ1n) is 5.46. The number of nitrogens with zero attached hydrogens (tertiary/aromatic N) is 1. The first-order chi connectivity index (χ1) is 7.70. The van der Waals surface area contributed by atoms with Gasteiger partial charge in [-0.15, -0.1) is 0 Å². The monoisotopic (exact) mass is 222 g/mol. The second-order valence-corrected chi connectivity index (χ2v) is 3.94. The predicted octanol–water partition coefficient (Wildman–Crippen LogP) is 0.899. The maximum atomic E-state index is 11.6. The van der Waals surface area contributed by atoms with Crippen molar-refractivity contribution in [2.24, 2.45) is 5.92 Å². The highest BCUT2D eigenvalue weighted by Gasteiger charge is 2.23. The maximum Gasteiger partial charge on any atom is 0.345 e. The van der Waals surface area contributed by atoms with Gasteiger partial charge in [-0.1, -0.05) is 0 Å². The number of rotatable bonds is 4. The number of H-pyrrole nitrogens is 1. The van der Waals surface area contributed by atoms with Crippen LogP contribution in [-0.2, 0) is 11.2 Å². The second-order valence-electron chi connectivity index (χ2n) is 3.94. The van der Waals surface area contributed by atoms with E-state index >= 15 is 0 Å². The van der Waals surface area contributed by atoms with Crippen LogP contribution < -0.4 is 5.56 Å². The van der Waals surface area contributed by atoms with Gasteiger partial charge in [-0.3, -0.25) is 4.79 Å². The van der Waals surface area contributed by atoms with Gasteiger partial charge in [-0.25, -0.2) is 9.78 Å². The highest BCUT2D eigenvalue weighted by molar-refractivity contribution is 5.88. The minimum atomic E-state index is -0.616. The fraction of sp³-hybridized carbons (Fsp3) is 0.545. The molecule has 1 aromatic heterocycles. The Morgan fingerprint density at radius 3 is 2.94 bits per heavy atom. The molecule has 0 radical (unpaired) electrons. The number of hydrogen-bond acceptors (Lipinski definition) is 4. The summed E-state index contributed by atoms with van der Waals surface area (Å²) in [6.07, 6.45) is 4.49. The molecule has 1 fully saturated rings. The van der Waals surface area contributed by atoms with Crippen molar-refractivity contribution in [3.8, 4) is 0 Å². The lowest BCUT2D eigenvalue weighted by atomic mass is 10.2. The summed E-state index contributed by atoms with van der Waals surface area (Å²) in [5.41, 5.74) is -0.439. The molecule has 2 rings (SSSR count). The highest BCUT2D eigenvalue weighted by Crippen LogP contribution is 2.31. The van der Waals surface area contributed by atoms with Crippen molar-refractivity contribution < 1.29 is 9.53 Å². The Kier molecular flexibility index (Phi) is 3.03. The van der Waals surface area contributed by atoms with Gasteiger partial charge in [0.05, 0.1) is 6.61 Å². The van der Waals surface area contributed by atoms with Gasteiger partial charge < -0.3 is 9.72 Å². The maximum absolute atomic E-state index is 11.6. The van der Waals surface area contributed by atoms with E-state index in [0.717, 1.165) is 6.42 Å². The Hall–Kier alpha value is -1.65. The lowest BCUT2D eigenvalue weighted by Gasteiger charge is -2.02. The van der Waals surface area contributed by atoms with Crippen LogP contribution in [0.1, 0.15) is 35.9 Å². The lowest BCUT2D eigenvalue weighted by Crippen LogP contribution is -2.22. The van der Waals surface area contributed by atoms with Crippen LogP contribution in [0.15, 0.2) is 11.0 Å². The topological polar surface area (TPSA) is 72.0 Å². The summed E-state index contributed by atoms with van der Waals surface area (Å²) in [6.45, 7) is 1.95. The molecule has 1 aliphatic rings. The molecule has 5 heteroatoms. The Balaban J connectivity index is 2.15. The van der Waals surface area contributed by atoms with Crippen molar-refractivity contribution in [1.29, 1.82) is 0 Å². The molecular weight excluding hydrogens is 208 g/mol. The van der Waals surface area contributed by atoms with E-state index in [1.165, 1.54) is 19.0 Å². The summed E-state index contributed by atoms with van der Waals surface area (Å²) in [6, 6.07) is 0. The number of carbonyl (C=O) groups excluding carboxylic acids is 1. The van der Waals surface area contributed by atoms with Gasteiger partial charge in [0.25, 0.3) is 5.56 Å². The molecule has 0 aliphatic heterocycles. The summed E-state index contributed by atoms with van der Waals surface area (Å²) in [5, 5.41) is 0. The SMILES string of the molecule is CCOC(=O)c1cnc(CC2CC2)[nH]c1=O. The Labute approximate surface area is 92.9 Å². The van der Waals surface area contributed by atoms with Gasteiger partial charge in [0.15, 0.2) is 0 Å². The summed E-state index contributed by atoms with van der Waals surface area (Å²) >= 11 is 0. The van der Waals surface area contributed by atoms with Crippen molar-refractivity contribution in [2.45, 2.75) is 26.2 Å². The molecular formula is C11H14N2O3. The Morgan fingerprint density at radius 1 is 1.62 bits per heavy atom. The molecule has 0 bridgehead atoms. The lowest BCUT2D eigenvalue weighted by molar-refractivity contribution is 0.0523. The third kappa shape index (κ3) is 2.48. The van der Waals surface area contributed by atoms with Gasteiger partial charge in [0.2, 0.25) is 0 Å². The third-order valence-electron chi connectivity index (χ3n) is 2.53. The predicted molar refractivity (Wildman–Crippen MR) is 57.2 cm³/mol. The van der Waals surface area contributed by atoms with Crippen molar-refractivity contribution >= 4 is 5.97 Å². The molecule has 1 saturated carbocycles. The molecule has 0 amide bonds. The summed E-state index contributed by atoms with van der Waals surface area (Å²) in [7, 11) is 0. The van der Waals surface area contributed by atoms with E-state index < -0.39 is 11.5 Å². The van der Waals surface area contributed by atoms with E-state index in [4.69, 9.17) is 4.74 Å². The zero-order valence-corrected chi connectivity index (χ0v) is 9.16. The standard InChI is InChI=1S/C11H14N2O3/c1-2-16-11(15)8-6-12-9(13-10(8)14)5-7-3-4-7/h6-7H,2-5H2,1H3,(H,12,13,14). The smallest absolute Gasteiger partial charge is 0.345 e. The molecule has 5 nitrogen and oxygen atoms in total. The van der Waals surface area contributed by atoms with E-state index in [1.807, 2.05) is 0 Å². The van der Waals surface area contributed by atoms with Gasteiger partial charge >= 0.3 is 5.97 Å². The summed E-state index contributed by atoms with van der Waals surface area (Å²) < 4.78 is 4.74. The number of nitrogens with one attached hydrogen (secondary N) is 1. The Morgan fingerprint density at radius 2 is 2.38 bits per heavy atom. The van der Waals surface area contributed by atoms with Gasteiger partial charge in [0.1, 0.15) is 11.4 Å². The van der Waals surface area contributed by atoms with E-state index in [-0.39, 0.29) is 12.2 Å². The number of ether oxygens (including phenoxy) is 1. The summed E-state index contributed by atoms with van der Waals surface area (Å²) in [4.78, 5) is 29.6. The van der Waals surface area contributed by atoms with Crippen molar-refractivity contribution in [2.75, 3.05) is 6.61 Å². The van der Waals surface area contributed by atoms with E-state index in [2.05, 4.69) is 9.97 Å². The summed E-state index contributed by atoms with van der Waals surface area (Å²) in [5.74, 6) is 0.686. The fourth-order valence-electron chi connectivity index (χ4n) is 1.49. The molecule has 0 saturated heterocycles. The van der Waals surface area contributed by atoms with Crippen LogP contribution in [0.2, 0.25) is 0 Å². The number of esters is 1. The first kappa shape index (κ1) is 10.9. The normalized spacial score (nSPS) is 14.8. The minimum absolute atomic E-state index is 0.0265. The zero-order valence-electron chi connectivity index (χ0n) is 9.16. The largest absolute Gasteiger partial charge is 0.462 e. The molecule has 0 unspecified atom stereocenters. The van der Waals surface area contributed by atoms with Crippen molar-refractivity contribution in [1.82, 2.24) is 9.97 Å². The number of aromatic nitrogens is 2. The molecule has 1 N–H and O–H groups in total. The average Bonchev–Trinajstić information content (AvgIpc) is 3.02. The van der Waals surface area contributed by atoms with Crippen LogP contribution >= 0.6 is 0 Å². The molecule has 86 valence electrons. The number of hydrogen-bond donors (Lipinski definition) is 1. The molecule has 0 spiro atoms. The van der Waals surface area contributed by atoms with Crippen LogP contribution in [-0.4, -0.2) is 22.5 Å². The van der Waals surface area contributed by atoms with Gasteiger partial charge in [0, 0.05) is 12.6 Å². The molecule has 0 aromatic carbocycles. The van der Waals surface area contributed by atoms with E-state index in [1.54, 1.807) is 6.92 Å². The highest BCUT2D eigenvalue weighted by atomic mass is 16.5. The fourth-order valence-corrected chi connectivity index (χ4v) is 1.49. The molecule has 1 aromatic rings. The van der Waals surface area contributed by atoms with Crippen LogP contribution in [0.4, 0.5) is 0 Å². The van der Waals surface area contributed by atoms with E-state index in [0.29, 0.717) is 11.7 Å². The first-order valence-corrected chi connectivity index (χ1v) is 5.46. The van der Waals surface area contributed by atoms with Crippen LogP contribution in [0, 0.1) is 5.92 Å². The zero-order chi connectivity index (χ0) is 11.5. The van der Waals surface area contributed by atoms with Gasteiger partial charge in [-0.2, -0.15) is 0 Å². The molecule has 16 heavy (non-hydrogen) atoms. The van der Waals surface area contributed by atoms with Crippen molar-refractivity contribution in [3.63, 3.8) is 0 Å².